The van der Waals surface area contributed by atoms with E-state index in [1.807, 2.05) is 32.0 Å². The first-order valence-electron chi connectivity index (χ1n) is 8.08. The first kappa shape index (κ1) is 19.7. The summed E-state index contributed by atoms with van der Waals surface area (Å²) in [5.41, 5.74) is 2.84. The summed E-state index contributed by atoms with van der Waals surface area (Å²) in [5, 5.41) is 2.77. The van der Waals surface area contributed by atoms with Crippen LogP contribution in [0.5, 0.6) is 0 Å². The van der Waals surface area contributed by atoms with E-state index < -0.39 is 28.3 Å². The zero-order valence-corrected chi connectivity index (χ0v) is 15.7. The number of carbonyl (C=O) groups excluding carboxylic acids is 2. The first-order chi connectivity index (χ1) is 12.2. The standard InChI is InChI=1S/C19H21NO5S/c1-4-14-7-5-6-13(2)18(14)20-17(21)12-25-19(22)15-8-10-16(11-9-15)26(3,23)24/h5-11H,4,12H2,1-3H3,(H,20,21). The average Bonchev–Trinajstić information content (AvgIpc) is 2.60. The van der Waals surface area contributed by atoms with E-state index in [0.717, 1.165) is 29.5 Å². The number of aryl methyl sites for hydroxylation is 2. The van der Waals surface area contributed by atoms with E-state index in [-0.39, 0.29) is 10.5 Å². The minimum absolute atomic E-state index is 0.110. The van der Waals surface area contributed by atoms with Gasteiger partial charge in [-0.15, -0.1) is 0 Å². The van der Waals surface area contributed by atoms with E-state index in [1.54, 1.807) is 0 Å². The molecule has 0 aliphatic heterocycles. The number of esters is 1. The number of benzene rings is 2. The molecule has 1 amide bonds. The monoisotopic (exact) mass is 375 g/mol. The van der Waals surface area contributed by atoms with E-state index in [1.165, 1.54) is 24.3 Å². The summed E-state index contributed by atoms with van der Waals surface area (Å²) in [6, 6.07) is 11.1. The lowest BCUT2D eigenvalue weighted by atomic mass is 10.1. The summed E-state index contributed by atoms with van der Waals surface area (Å²) in [6.07, 6.45) is 1.85. The summed E-state index contributed by atoms with van der Waals surface area (Å²) in [6.45, 7) is 3.46. The molecule has 0 heterocycles. The molecular weight excluding hydrogens is 354 g/mol. The average molecular weight is 375 g/mol. The van der Waals surface area contributed by atoms with E-state index in [2.05, 4.69) is 5.32 Å². The highest BCUT2D eigenvalue weighted by molar-refractivity contribution is 7.90. The van der Waals surface area contributed by atoms with Crippen molar-refractivity contribution in [1.29, 1.82) is 0 Å². The van der Waals surface area contributed by atoms with Gasteiger partial charge in [-0.05, 0) is 48.7 Å². The number of hydrogen-bond acceptors (Lipinski definition) is 5. The Kier molecular flexibility index (Phi) is 6.15. The highest BCUT2D eigenvalue weighted by Gasteiger charge is 2.14. The van der Waals surface area contributed by atoms with E-state index in [0.29, 0.717) is 0 Å². The van der Waals surface area contributed by atoms with Crippen molar-refractivity contribution in [2.75, 3.05) is 18.2 Å². The molecule has 2 aromatic rings. The highest BCUT2D eigenvalue weighted by atomic mass is 32.2. The molecule has 2 rings (SSSR count). The summed E-state index contributed by atoms with van der Waals surface area (Å²) in [5.74, 6) is -1.13. The molecule has 0 spiro atoms. The largest absolute Gasteiger partial charge is 0.452 e. The molecule has 0 saturated heterocycles. The van der Waals surface area contributed by atoms with Crippen molar-refractivity contribution in [2.45, 2.75) is 25.2 Å². The van der Waals surface area contributed by atoms with Crippen LogP contribution in [-0.4, -0.2) is 33.2 Å². The number of anilines is 1. The molecule has 1 N–H and O–H groups in total. The van der Waals surface area contributed by atoms with Gasteiger partial charge in [0.2, 0.25) is 0 Å². The number of hydrogen-bond donors (Lipinski definition) is 1. The van der Waals surface area contributed by atoms with Crippen LogP contribution in [0.3, 0.4) is 0 Å². The summed E-state index contributed by atoms with van der Waals surface area (Å²) < 4.78 is 27.8. The number of para-hydroxylation sites is 1. The maximum absolute atomic E-state index is 12.1. The second kappa shape index (κ2) is 8.14. The predicted octanol–water partition coefficient (Wildman–Crippen LogP) is 2.76. The van der Waals surface area contributed by atoms with Crippen molar-refractivity contribution >= 4 is 27.4 Å². The molecule has 2 aromatic carbocycles. The Balaban J connectivity index is 1.98. The van der Waals surface area contributed by atoms with Gasteiger partial charge in [0.1, 0.15) is 0 Å². The smallest absolute Gasteiger partial charge is 0.338 e. The van der Waals surface area contributed by atoms with E-state index >= 15 is 0 Å². The molecule has 7 heteroatoms. The minimum atomic E-state index is -3.33. The molecule has 0 radical (unpaired) electrons. The number of ether oxygens (including phenoxy) is 1. The van der Waals surface area contributed by atoms with E-state index in [4.69, 9.17) is 4.74 Å². The van der Waals surface area contributed by atoms with Gasteiger partial charge >= 0.3 is 5.97 Å². The molecule has 0 aliphatic rings. The van der Waals surface area contributed by atoms with Crippen LogP contribution in [0.15, 0.2) is 47.4 Å². The summed E-state index contributed by atoms with van der Waals surface area (Å²) in [7, 11) is -3.33. The molecule has 0 fully saturated rings. The third-order valence-corrected chi connectivity index (χ3v) is 4.99. The number of nitrogens with one attached hydrogen (secondary N) is 1. The fraction of sp³-hybridized carbons (Fsp3) is 0.263. The molecular formula is C19H21NO5S. The Hall–Kier alpha value is -2.67. The molecule has 138 valence electrons. The maximum atomic E-state index is 12.1. The zero-order valence-electron chi connectivity index (χ0n) is 14.9. The maximum Gasteiger partial charge on any atom is 0.338 e. The van der Waals surface area contributed by atoms with Crippen LogP contribution in [0.2, 0.25) is 0 Å². The fourth-order valence-electron chi connectivity index (χ4n) is 2.43. The van der Waals surface area contributed by atoms with Gasteiger partial charge in [0.25, 0.3) is 5.91 Å². The van der Waals surface area contributed by atoms with Crippen molar-refractivity contribution in [1.82, 2.24) is 0 Å². The van der Waals surface area contributed by atoms with Gasteiger partial charge in [-0.2, -0.15) is 0 Å². The fourth-order valence-corrected chi connectivity index (χ4v) is 3.06. The minimum Gasteiger partial charge on any atom is -0.452 e. The van der Waals surface area contributed by atoms with Crippen LogP contribution in [0.25, 0.3) is 0 Å². The van der Waals surface area contributed by atoms with Crippen LogP contribution in [0.4, 0.5) is 5.69 Å². The van der Waals surface area contributed by atoms with Gasteiger partial charge < -0.3 is 10.1 Å². The van der Waals surface area contributed by atoms with Crippen LogP contribution in [0.1, 0.15) is 28.4 Å². The second-order valence-corrected chi connectivity index (χ2v) is 7.90. The molecule has 0 aromatic heterocycles. The number of sulfone groups is 1. The van der Waals surface area contributed by atoms with Gasteiger partial charge in [-0.1, -0.05) is 25.1 Å². The van der Waals surface area contributed by atoms with Crippen LogP contribution in [0, 0.1) is 6.92 Å². The Morgan fingerprint density at radius 2 is 1.73 bits per heavy atom. The van der Waals surface area contributed by atoms with Crippen molar-refractivity contribution in [3.8, 4) is 0 Å². The lowest BCUT2D eigenvalue weighted by Crippen LogP contribution is -2.22. The number of rotatable bonds is 6. The molecule has 0 atom stereocenters. The zero-order chi connectivity index (χ0) is 19.3. The summed E-state index contributed by atoms with van der Waals surface area (Å²) in [4.78, 5) is 24.2. The van der Waals surface area contributed by atoms with Crippen molar-refractivity contribution in [3.05, 3.63) is 59.2 Å². The van der Waals surface area contributed by atoms with Gasteiger partial charge in [-0.3, -0.25) is 4.79 Å². The Morgan fingerprint density at radius 1 is 1.08 bits per heavy atom. The molecule has 0 aliphatic carbocycles. The van der Waals surface area contributed by atoms with Gasteiger partial charge in [0.15, 0.2) is 16.4 Å². The molecule has 26 heavy (non-hydrogen) atoms. The third-order valence-electron chi connectivity index (χ3n) is 3.86. The topological polar surface area (TPSA) is 89.5 Å². The van der Waals surface area contributed by atoms with Gasteiger partial charge in [0, 0.05) is 11.9 Å². The molecule has 0 unspecified atom stereocenters. The Morgan fingerprint density at radius 3 is 2.31 bits per heavy atom. The summed E-state index contributed by atoms with van der Waals surface area (Å²) >= 11 is 0. The van der Waals surface area contributed by atoms with Crippen molar-refractivity contribution < 1.29 is 22.7 Å². The SMILES string of the molecule is CCc1cccc(C)c1NC(=O)COC(=O)c1ccc(S(C)(=O)=O)cc1. The van der Waals surface area contributed by atoms with Crippen LogP contribution in [-0.2, 0) is 25.8 Å². The first-order valence-corrected chi connectivity index (χ1v) is 9.97. The van der Waals surface area contributed by atoms with Crippen molar-refractivity contribution in [2.24, 2.45) is 0 Å². The third kappa shape index (κ3) is 4.92. The Labute approximate surface area is 153 Å². The molecule has 0 saturated carbocycles. The molecule has 6 nitrogen and oxygen atoms in total. The second-order valence-electron chi connectivity index (χ2n) is 5.88. The van der Waals surface area contributed by atoms with Crippen LogP contribution < -0.4 is 5.32 Å². The van der Waals surface area contributed by atoms with E-state index in [9.17, 15) is 18.0 Å². The normalized spacial score (nSPS) is 11.0. The molecule has 0 bridgehead atoms. The van der Waals surface area contributed by atoms with Crippen LogP contribution >= 0.6 is 0 Å². The van der Waals surface area contributed by atoms with Gasteiger partial charge in [-0.25, -0.2) is 13.2 Å². The highest BCUT2D eigenvalue weighted by Crippen LogP contribution is 2.21. The lowest BCUT2D eigenvalue weighted by Gasteiger charge is -2.13. The predicted molar refractivity (Wildman–Crippen MR) is 99.0 cm³/mol. The quantitative estimate of drug-likeness (QED) is 0.784. The van der Waals surface area contributed by atoms with Crippen molar-refractivity contribution in [3.63, 3.8) is 0 Å². The Bertz CT molecular complexity index is 917. The number of carbonyl (C=O) groups is 2. The van der Waals surface area contributed by atoms with Gasteiger partial charge in [0.05, 0.1) is 10.5 Å². The lowest BCUT2D eigenvalue weighted by molar-refractivity contribution is -0.119. The number of amides is 1.